The summed E-state index contributed by atoms with van der Waals surface area (Å²) in [7, 11) is -3.75. The fourth-order valence-corrected chi connectivity index (χ4v) is 3.97. The summed E-state index contributed by atoms with van der Waals surface area (Å²) in [5, 5.41) is 3.35. The van der Waals surface area contributed by atoms with Gasteiger partial charge >= 0.3 is 0 Å². The van der Waals surface area contributed by atoms with E-state index >= 15 is 0 Å². The van der Waals surface area contributed by atoms with Gasteiger partial charge in [0.25, 0.3) is 15.9 Å². The van der Waals surface area contributed by atoms with Crippen LogP contribution in [-0.4, -0.2) is 20.9 Å². The van der Waals surface area contributed by atoms with E-state index in [9.17, 15) is 13.2 Å². The van der Waals surface area contributed by atoms with Crippen LogP contribution in [0.25, 0.3) is 0 Å². The number of nitrogens with one attached hydrogen (secondary N) is 2. The Morgan fingerprint density at radius 1 is 0.933 bits per heavy atom. The van der Waals surface area contributed by atoms with Crippen LogP contribution in [0.3, 0.4) is 0 Å². The molecule has 0 aliphatic carbocycles. The van der Waals surface area contributed by atoms with Crippen LogP contribution in [0.2, 0.25) is 5.02 Å². The minimum atomic E-state index is -3.75. The second kappa shape index (κ2) is 9.19. The zero-order chi connectivity index (χ0) is 21.7. The van der Waals surface area contributed by atoms with Gasteiger partial charge in [-0.3, -0.25) is 9.52 Å². The van der Waals surface area contributed by atoms with Gasteiger partial charge in [-0.2, -0.15) is 0 Å². The van der Waals surface area contributed by atoms with Gasteiger partial charge < -0.3 is 10.1 Å². The van der Waals surface area contributed by atoms with E-state index in [1.165, 1.54) is 24.3 Å². The third-order valence-electron chi connectivity index (χ3n) is 4.35. The average Bonchev–Trinajstić information content (AvgIpc) is 2.71. The Morgan fingerprint density at radius 3 is 2.13 bits per heavy atom. The van der Waals surface area contributed by atoms with Gasteiger partial charge in [0.05, 0.1) is 4.90 Å². The SMILES string of the molecule is Cc1cccc(C)c1NC(=O)COc1ccc(S(=O)(=O)Nc2ccc(Cl)cc2)cc1. The van der Waals surface area contributed by atoms with E-state index in [2.05, 4.69) is 10.0 Å². The normalized spacial score (nSPS) is 11.0. The molecule has 0 aliphatic rings. The molecule has 0 aromatic heterocycles. The van der Waals surface area contributed by atoms with Crippen molar-refractivity contribution >= 4 is 38.9 Å². The highest BCUT2D eigenvalue weighted by molar-refractivity contribution is 7.92. The molecule has 0 saturated carbocycles. The maximum atomic E-state index is 12.5. The number of sulfonamides is 1. The first-order valence-corrected chi connectivity index (χ1v) is 11.0. The molecule has 0 saturated heterocycles. The lowest BCUT2D eigenvalue weighted by molar-refractivity contribution is -0.118. The Balaban J connectivity index is 1.60. The molecule has 3 aromatic carbocycles. The van der Waals surface area contributed by atoms with Crippen molar-refractivity contribution in [3.05, 3.63) is 82.9 Å². The molecule has 6 nitrogen and oxygen atoms in total. The van der Waals surface area contributed by atoms with E-state index in [1.807, 2.05) is 32.0 Å². The summed E-state index contributed by atoms with van der Waals surface area (Å²) in [4.78, 5) is 12.3. The van der Waals surface area contributed by atoms with E-state index < -0.39 is 10.0 Å². The molecular weight excluding hydrogens is 424 g/mol. The zero-order valence-corrected chi connectivity index (χ0v) is 18.0. The molecule has 3 rings (SSSR count). The topological polar surface area (TPSA) is 84.5 Å². The van der Waals surface area contributed by atoms with Crippen LogP contribution in [0.5, 0.6) is 5.75 Å². The first-order valence-electron chi connectivity index (χ1n) is 9.12. The Kier molecular flexibility index (Phi) is 6.64. The predicted molar refractivity (Wildman–Crippen MR) is 119 cm³/mol. The molecule has 0 radical (unpaired) electrons. The number of hydrogen-bond acceptors (Lipinski definition) is 4. The molecule has 3 aromatic rings. The van der Waals surface area contributed by atoms with Crippen molar-refractivity contribution in [2.75, 3.05) is 16.6 Å². The average molecular weight is 445 g/mol. The van der Waals surface area contributed by atoms with Crippen molar-refractivity contribution < 1.29 is 17.9 Å². The van der Waals surface area contributed by atoms with Gasteiger partial charge in [-0.1, -0.05) is 29.8 Å². The van der Waals surface area contributed by atoms with E-state index in [0.717, 1.165) is 16.8 Å². The van der Waals surface area contributed by atoms with Crippen LogP contribution in [-0.2, 0) is 14.8 Å². The summed E-state index contributed by atoms with van der Waals surface area (Å²) in [5.74, 6) is 0.0885. The Bertz CT molecular complexity index is 1120. The van der Waals surface area contributed by atoms with Gasteiger partial charge in [-0.15, -0.1) is 0 Å². The molecule has 2 N–H and O–H groups in total. The molecule has 0 bridgehead atoms. The number of halogens is 1. The summed E-state index contributed by atoms with van der Waals surface area (Å²) >= 11 is 5.81. The highest BCUT2D eigenvalue weighted by atomic mass is 35.5. The summed E-state index contributed by atoms with van der Waals surface area (Å²) in [6.45, 7) is 3.64. The molecule has 0 heterocycles. The first kappa shape index (κ1) is 21.7. The van der Waals surface area contributed by atoms with E-state index in [0.29, 0.717) is 16.5 Å². The predicted octanol–water partition coefficient (Wildman–Crippen LogP) is 4.78. The van der Waals surface area contributed by atoms with Gasteiger partial charge in [0.2, 0.25) is 0 Å². The number of carbonyl (C=O) groups excluding carboxylic acids is 1. The number of aryl methyl sites for hydroxylation is 2. The highest BCUT2D eigenvalue weighted by Crippen LogP contribution is 2.22. The molecule has 1 amide bonds. The molecule has 0 unspecified atom stereocenters. The van der Waals surface area contributed by atoms with Crippen molar-refractivity contribution in [1.82, 2.24) is 0 Å². The number of carbonyl (C=O) groups is 1. The maximum absolute atomic E-state index is 12.5. The van der Waals surface area contributed by atoms with Crippen molar-refractivity contribution in [3.63, 3.8) is 0 Å². The van der Waals surface area contributed by atoms with Crippen LogP contribution in [0.1, 0.15) is 11.1 Å². The lowest BCUT2D eigenvalue weighted by atomic mass is 10.1. The van der Waals surface area contributed by atoms with E-state index in [4.69, 9.17) is 16.3 Å². The Hall–Kier alpha value is -3.03. The Labute approximate surface area is 180 Å². The molecule has 0 aliphatic heterocycles. The van der Waals surface area contributed by atoms with Gasteiger partial charge in [-0.05, 0) is 73.5 Å². The van der Waals surface area contributed by atoms with Crippen molar-refractivity contribution in [3.8, 4) is 5.75 Å². The molecule has 0 spiro atoms. The van der Waals surface area contributed by atoms with Crippen molar-refractivity contribution in [1.29, 1.82) is 0 Å². The summed E-state index contributed by atoms with van der Waals surface area (Å²) < 4.78 is 32.9. The van der Waals surface area contributed by atoms with Gasteiger partial charge in [0, 0.05) is 16.4 Å². The number of amides is 1. The maximum Gasteiger partial charge on any atom is 0.262 e. The minimum Gasteiger partial charge on any atom is -0.484 e. The number of hydrogen-bond donors (Lipinski definition) is 2. The quantitative estimate of drug-likeness (QED) is 0.549. The first-order chi connectivity index (χ1) is 14.2. The standard InChI is InChI=1S/C22H21ClN2O4S/c1-15-4-3-5-16(2)22(15)24-21(26)14-29-19-10-12-20(13-11-19)30(27,28)25-18-8-6-17(23)7-9-18/h3-13,25H,14H2,1-2H3,(H,24,26). The molecule has 0 atom stereocenters. The highest BCUT2D eigenvalue weighted by Gasteiger charge is 2.15. The van der Waals surface area contributed by atoms with Crippen LogP contribution in [0, 0.1) is 13.8 Å². The van der Waals surface area contributed by atoms with Crippen molar-refractivity contribution in [2.24, 2.45) is 0 Å². The van der Waals surface area contributed by atoms with Gasteiger partial charge in [-0.25, -0.2) is 8.42 Å². The summed E-state index contributed by atoms with van der Waals surface area (Å²) in [5.41, 5.74) is 3.10. The number of para-hydroxylation sites is 1. The number of benzene rings is 3. The second-order valence-electron chi connectivity index (χ2n) is 6.69. The van der Waals surface area contributed by atoms with Crippen molar-refractivity contribution in [2.45, 2.75) is 18.7 Å². The second-order valence-corrected chi connectivity index (χ2v) is 8.81. The lowest BCUT2D eigenvalue weighted by Crippen LogP contribution is -2.21. The largest absolute Gasteiger partial charge is 0.484 e. The van der Waals surface area contributed by atoms with Crippen LogP contribution in [0.15, 0.2) is 71.6 Å². The Morgan fingerprint density at radius 2 is 1.53 bits per heavy atom. The molecular formula is C22H21ClN2O4S. The molecule has 156 valence electrons. The molecule has 0 fully saturated rings. The van der Waals surface area contributed by atoms with Gasteiger partial charge in [0.15, 0.2) is 6.61 Å². The van der Waals surface area contributed by atoms with E-state index in [1.54, 1.807) is 24.3 Å². The zero-order valence-electron chi connectivity index (χ0n) is 16.5. The van der Waals surface area contributed by atoms with E-state index in [-0.39, 0.29) is 17.4 Å². The van der Waals surface area contributed by atoms with Crippen LogP contribution < -0.4 is 14.8 Å². The minimum absolute atomic E-state index is 0.0739. The summed E-state index contributed by atoms with van der Waals surface area (Å²) in [6, 6.07) is 17.9. The van der Waals surface area contributed by atoms with Crippen LogP contribution >= 0.6 is 11.6 Å². The smallest absolute Gasteiger partial charge is 0.262 e. The van der Waals surface area contributed by atoms with Gasteiger partial charge in [0.1, 0.15) is 5.75 Å². The number of rotatable bonds is 7. The number of anilines is 2. The lowest BCUT2D eigenvalue weighted by Gasteiger charge is -2.12. The fraction of sp³-hybridized carbons (Fsp3) is 0.136. The third kappa shape index (κ3) is 5.52. The number of ether oxygens (including phenoxy) is 1. The third-order valence-corrected chi connectivity index (χ3v) is 6.00. The molecule has 8 heteroatoms. The monoisotopic (exact) mass is 444 g/mol. The molecule has 30 heavy (non-hydrogen) atoms. The fourth-order valence-electron chi connectivity index (χ4n) is 2.78. The van der Waals surface area contributed by atoms with Crippen LogP contribution in [0.4, 0.5) is 11.4 Å². The summed E-state index contributed by atoms with van der Waals surface area (Å²) in [6.07, 6.45) is 0.